The fraction of sp³-hybridized carbons (Fsp3) is 0.625. The molecule has 3 aromatic rings. The van der Waals surface area contributed by atoms with Crippen LogP contribution in [0.25, 0.3) is 21.9 Å². The Kier molecular flexibility index (Phi) is 9.28. The Bertz CT molecular complexity index is 1050. The largest absolute Gasteiger partial charge is 0.490 e. The molecule has 2 saturated heterocycles. The highest BCUT2D eigenvalue weighted by Gasteiger charge is 2.25. The first-order valence-corrected chi connectivity index (χ1v) is 14.8. The normalized spacial score (nSPS) is 18.5. The number of ether oxygens (including phenoxy) is 4. The van der Waals surface area contributed by atoms with Crippen LogP contribution < -0.4 is 9.47 Å². The van der Waals surface area contributed by atoms with Gasteiger partial charge in [0, 0.05) is 22.9 Å². The predicted octanol–water partition coefficient (Wildman–Crippen LogP) is 8.17. The Hall–Kier alpha value is -2.24. The maximum atomic E-state index is 6.38. The zero-order chi connectivity index (χ0) is 25.5. The Balaban J connectivity index is 1.41. The minimum Gasteiger partial charge on any atom is -0.490 e. The lowest BCUT2D eigenvalue weighted by atomic mass is 9.99. The maximum Gasteiger partial charge on any atom is 0.139 e. The molecular formula is C32H44O5. The molecule has 5 rings (SSSR count). The molecule has 0 N–H and O–H groups in total. The van der Waals surface area contributed by atoms with Gasteiger partial charge in [-0.1, -0.05) is 65.2 Å². The fourth-order valence-electron chi connectivity index (χ4n) is 5.11. The first-order chi connectivity index (χ1) is 18.2. The second-order valence-corrected chi connectivity index (χ2v) is 10.9. The number of rotatable bonds is 18. The summed E-state index contributed by atoms with van der Waals surface area (Å²) in [6.07, 6.45) is 15.2. The van der Waals surface area contributed by atoms with Gasteiger partial charge in [0.1, 0.15) is 48.1 Å². The van der Waals surface area contributed by atoms with E-state index in [9.17, 15) is 0 Å². The van der Waals surface area contributed by atoms with Crippen LogP contribution in [-0.2, 0) is 22.3 Å². The van der Waals surface area contributed by atoms with Gasteiger partial charge >= 0.3 is 0 Å². The van der Waals surface area contributed by atoms with Crippen LogP contribution >= 0.6 is 0 Å². The molecule has 5 heteroatoms. The van der Waals surface area contributed by atoms with Gasteiger partial charge in [0.05, 0.1) is 13.2 Å². The molecule has 3 heterocycles. The summed E-state index contributed by atoms with van der Waals surface area (Å²) in [5, 5.41) is 2.36. The summed E-state index contributed by atoms with van der Waals surface area (Å²) in [4.78, 5) is 0. The van der Waals surface area contributed by atoms with Crippen molar-refractivity contribution in [1.82, 2.24) is 0 Å². The summed E-state index contributed by atoms with van der Waals surface area (Å²) in [5.41, 5.74) is 4.32. The van der Waals surface area contributed by atoms with Crippen molar-refractivity contribution in [2.75, 3.05) is 26.4 Å². The van der Waals surface area contributed by atoms with Crippen LogP contribution in [0.4, 0.5) is 0 Å². The molecule has 0 amide bonds. The van der Waals surface area contributed by atoms with Gasteiger partial charge < -0.3 is 23.4 Å². The molecule has 2 aliphatic heterocycles. The van der Waals surface area contributed by atoms with Crippen molar-refractivity contribution in [3.63, 3.8) is 0 Å². The van der Waals surface area contributed by atoms with Gasteiger partial charge in [-0.3, -0.25) is 0 Å². The molecule has 202 valence electrons. The Morgan fingerprint density at radius 3 is 1.46 bits per heavy atom. The number of benzene rings is 2. The van der Waals surface area contributed by atoms with Crippen molar-refractivity contribution in [2.24, 2.45) is 0 Å². The first-order valence-electron chi connectivity index (χ1n) is 14.8. The molecule has 0 bridgehead atoms. The number of furan rings is 1. The molecule has 1 aromatic heterocycles. The molecule has 2 fully saturated rings. The Labute approximate surface area is 221 Å². The van der Waals surface area contributed by atoms with Gasteiger partial charge in [-0.15, -0.1) is 0 Å². The van der Waals surface area contributed by atoms with Crippen molar-refractivity contribution < 1.29 is 23.4 Å². The van der Waals surface area contributed by atoms with Gasteiger partial charge in [0.15, 0.2) is 0 Å². The molecule has 0 spiro atoms. The number of hydrogen-bond donors (Lipinski definition) is 0. The summed E-state index contributed by atoms with van der Waals surface area (Å²) in [6.45, 7) is 7.35. The van der Waals surface area contributed by atoms with Gasteiger partial charge in [-0.2, -0.15) is 0 Å². The molecule has 5 nitrogen and oxygen atoms in total. The van der Waals surface area contributed by atoms with Crippen LogP contribution in [0.5, 0.6) is 11.5 Å². The van der Waals surface area contributed by atoms with E-state index in [1.54, 1.807) is 0 Å². The molecule has 2 aromatic carbocycles. The number of unbranched alkanes of at least 4 members (excludes halogenated alkanes) is 8. The molecule has 0 saturated carbocycles. The summed E-state index contributed by atoms with van der Waals surface area (Å²) < 4.78 is 29.6. The SMILES string of the molecule is CCCCCCCc1cc2c(cc1OCC1CO1)oc1cc(OCC3CO3)c(CCCCCCC)cc12. The molecule has 0 aliphatic carbocycles. The Morgan fingerprint density at radius 2 is 1.05 bits per heavy atom. The van der Waals surface area contributed by atoms with Gasteiger partial charge in [-0.05, 0) is 48.9 Å². The predicted molar refractivity (Wildman–Crippen MR) is 149 cm³/mol. The summed E-state index contributed by atoms with van der Waals surface area (Å²) in [7, 11) is 0. The summed E-state index contributed by atoms with van der Waals surface area (Å²) in [5.74, 6) is 1.88. The van der Waals surface area contributed by atoms with E-state index in [1.807, 2.05) is 0 Å². The number of aryl methyl sites for hydroxylation is 2. The summed E-state index contributed by atoms with van der Waals surface area (Å²) in [6, 6.07) is 8.82. The number of fused-ring (bicyclic) bond motifs is 3. The fourth-order valence-corrected chi connectivity index (χ4v) is 5.11. The van der Waals surface area contributed by atoms with Crippen LogP contribution in [0.2, 0.25) is 0 Å². The highest BCUT2D eigenvalue weighted by atomic mass is 16.6. The third-order valence-electron chi connectivity index (χ3n) is 7.59. The van der Waals surface area contributed by atoms with Gasteiger partial charge in [0.2, 0.25) is 0 Å². The highest BCUT2D eigenvalue weighted by molar-refractivity contribution is 6.06. The Morgan fingerprint density at radius 1 is 0.622 bits per heavy atom. The van der Waals surface area contributed by atoms with E-state index in [0.717, 1.165) is 48.7 Å². The van der Waals surface area contributed by atoms with Gasteiger partial charge in [-0.25, -0.2) is 0 Å². The molecule has 2 aliphatic rings. The van der Waals surface area contributed by atoms with Crippen molar-refractivity contribution in [2.45, 2.75) is 103 Å². The smallest absolute Gasteiger partial charge is 0.139 e. The van der Waals surface area contributed by atoms with Crippen LogP contribution in [0.15, 0.2) is 28.7 Å². The van der Waals surface area contributed by atoms with E-state index in [1.165, 1.54) is 86.1 Å². The highest BCUT2D eigenvalue weighted by Crippen LogP contribution is 2.38. The van der Waals surface area contributed by atoms with Crippen molar-refractivity contribution in [3.8, 4) is 11.5 Å². The minimum absolute atomic E-state index is 0.235. The van der Waals surface area contributed by atoms with Crippen LogP contribution in [-0.4, -0.2) is 38.6 Å². The number of epoxide rings is 2. The van der Waals surface area contributed by atoms with E-state index >= 15 is 0 Å². The van der Waals surface area contributed by atoms with Crippen molar-refractivity contribution in [1.29, 1.82) is 0 Å². The average Bonchev–Trinajstić information content (AvgIpc) is 3.84. The first kappa shape index (κ1) is 26.4. The average molecular weight is 509 g/mol. The van der Waals surface area contributed by atoms with E-state index < -0.39 is 0 Å². The topological polar surface area (TPSA) is 56.7 Å². The van der Waals surface area contributed by atoms with Crippen LogP contribution in [0.1, 0.15) is 89.2 Å². The van der Waals surface area contributed by atoms with Crippen molar-refractivity contribution in [3.05, 3.63) is 35.4 Å². The second-order valence-electron chi connectivity index (χ2n) is 10.9. The minimum atomic E-state index is 0.235. The van der Waals surface area contributed by atoms with Crippen molar-refractivity contribution >= 4 is 21.9 Å². The maximum absolute atomic E-state index is 6.38. The lowest BCUT2D eigenvalue weighted by Gasteiger charge is -2.12. The second kappa shape index (κ2) is 13.0. The van der Waals surface area contributed by atoms with Gasteiger partial charge in [0.25, 0.3) is 0 Å². The molecule has 2 atom stereocenters. The molecule has 2 unspecified atom stereocenters. The summed E-state index contributed by atoms with van der Waals surface area (Å²) >= 11 is 0. The lowest BCUT2D eigenvalue weighted by molar-refractivity contribution is 0.261. The van der Waals surface area contributed by atoms with E-state index in [2.05, 4.69) is 38.1 Å². The monoisotopic (exact) mass is 508 g/mol. The zero-order valence-corrected chi connectivity index (χ0v) is 22.8. The van der Waals surface area contributed by atoms with Crippen LogP contribution in [0, 0.1) is 0 Å². The third-order valence-corrected chi connectivity index (χ3v) is 7.59. The van der Waals surface area contributed by atoms with E-state index in [4.69, 9.17) is 23.4 Å². The van der Waals surface area contributed by atoms with Crippen LogP contribution in [0.3, 0.4) is 0 Å². The standard InChI is InChI=1S/C32H44O5/c1-3-5-7-9-11-13-23-15-27-28-16-24(14-12-10-8-6-4-2)30(36-22-26-20-34-26)18-32(28)37-31(27)17-29(23)35-21-25-19-33-25/h15-18,25-26H,3-14,19-22H2,1-2H3. The van der Waals surface area contributed by atoms with E-state index in [-0.39, 0.29) is 12.2 Å². The zero-order valence-electron chi connectivity index (χ0n) is 22.8. The molecule has 0 radical (unpaired) electrons. The quantitative estimate of drug-likeness (QED) is 0.128. The molecular weight excluding hydrogens is 464 g/mol. The lowest BCUT2D eigenvalue weighted by Crippen LogP contribution is -2.06. The third kappa shape index (κ3) is 7.42. The molecule has 37 heavy (non-hydrogen) atoms. The van der Waals surface area contributed by atoms with E-state index in [0.29, 0.717) is 13.2 Å². The number of hydrogen-bond acceptors (Lipinski definition) is 5.